The summed E-state index contributed by atoms with van der Waals surface area (Å²) >= 11 is 0. The third-order valence-corrected chi connectivity index (χ3v) is 6.08. The highest BCUT2D eigenvalue weighted by Gasteiger charge is 2.22. The standard InChI is InChI=1S/C19H19N3O3S/c23-19-6-3-11-22(19)15-7-9-16(10-8-15)26(24,25)21-13-14-12-20-18-5-2-1-4-17(14)18/h1-2,4-5,7-10,12,20-21H,3,6,11,13H2. The first kappa shape index (κ1) is 16.8. The van der Waals surface area contributed by atoms with Crippen LogP contribution in [0.5, 0.6) is 0 Å². The summed E-state index contributed by atoms with van der Waals surface area (Å²) in [6.45, 7) is 0.891. The molecule has 2 aromatic carbocycles. The van der Waals surface area contributed by atoms with Crippen molar-refractivity contribution in [3.63, 3.8) is 0 Å². The normalized spacial score (nSPS) is 15.1. The number of fused-ring (bicyclic) bond motifs is 1. The Morgan fingerprint density at radius 3 is 2.58 bits per heavy atom. The fraction of sp³-hybridized carbons (Fsp3) is 0.211. The van der Waals surface area contributed by atoms with Crippen molar-refractivity contribution >= 4 is 32.5 Å². The predicted octanol–water partition coefficient (Wildman–Crippen LogP) is 2.77. The molecule has 2 heterocycles. The van der Waals surface area contributed by atoms with Crippen LogP contribution in [0.3, 0.4) is 0 Å². The predicted molar refractivity (Wildman–Crippen MR) is 100 cm³/mol. The second-order valence-electron chi connectivity index (χ2n) is 6.33. The summed E-state index contributed by atoms with van der Waals surface area (Å²) in [6, 6.07) is 14.2. The van der Waals surface area contributed by atoms with Crippen molar-refractivity contribution < 1.29 is 13.2 Å². The molecule has 2 N–H and O–H groups in total. The van der Waals surface area contributed by atoms with Gasteiger partial charge >= 0.3 is 0 Å². The lowest BCUT2D eigenvalue weighted by molar-refractivity contribution is -0.117. The number of carbonyl (C=O) groups excluding carboxylic acids is 1. The lowest BCUT2D eigenvalue weighted by Gasteiger charge is -2.16. The SMILES string of the molecule is O=C1CCCN1c1ccc(S(=O)(=O)NCc2c[nH]c3ccccc23)cc1. The summed E-state index contributed by atoms with van der Waals surface area (Å²) in [4.78, 5) is 16.8. The van der Waals surface area contributed by atoms with E-state index in [1.165, 1.54) is 0 Å². The maximum Gasteiger partial charge on any atom is 0.240 e. The zero-order valence-electron chi connectivity index (χ0n) is 14.1. The number of amides is 1. The Balaban J connectivity index is 1.50. The first-order valence-electron chi connectivity index (χ1n) is 8.50. The molecule has 0 bridgehead atoms. The number of aromatic nitrogens is 1. The third kappa shape index (κ3) is 3.11. The van der Waals surface area contributed by atoms with Crippen molar-refractivity contribution in [3.05, 3.63) is 60.3 Å². The Bertz CT molecular complexity index is 1060. The molecule has 6 nitrogen and oxygen atoms in total. The van der Waals surface area contributed by atoms with Gasteiger partial charge in [0.1, 0.15) is 0 Å². The number of benzene rings is 2. The molecule has 0 unspecified atom stereocenters. The van der Waals surface area contributed by atoms with Crippen molar-refractivity contribution in [2.75, 3.05) is 11.4 Å². The molecule has 0 aliphatic carbocycles. The Hall–Kier alpha value is -2.64. The molecular weight excluding hydrogens is 350 g/mol. The number of para-hydroxylation sites is 1. The average molecular weight is 369 g/mol. The van der Waals surface area contributed by atoms with E-state index >= 15 is 0 Å². The highest BCUT2D eigenvalue weighted by atomic mass is 32.2. The molecule has 1 amide bonds. The van der Waals surface area contributed by atoms with E-state index < -0.39 is 10.0 Å². The Labute approximate surface area is 151 Å². The molecule has 3 aromatic rings. The second kappa shape index (κ2) is 6.59. The zero-order valence-corrected chi connectivity index (χ0v) is 14.9. The van der Waals surface area contributed by atoms with Gasteiger partial charge in [-0.15, -0.1) is 0 Å². The maximum absolute atomic E-state index is 12.6. The molecule has 0 spiro atoms. The van der Waals surface area contributed by atoms with Crippen LogP contribution in [0.25, 0.3) is 10.9 Å². The molecule has 1 aliphatic heterocycles. The molecule has 7 heteroatoms. The summed E-state index contributed by atoms with van der Waals surface area (Å²) < 4.78 is 27.8. The van der Waals surface area contributed by atoms with Crippen LogP contribution in [0.1, 0.15) is 18.4 Å². The quantitative estimate of drug-likeness (QED) is 0.725. The van der Waals surface area contributed by atoms with Gasteiger partial charge in [-0.05, 0) is 42.3 Å². The van der Waals surface area contributed by atoms with E-state index in [4.69, 9.17) is 0 Å². The first-order valence-corrected chi connectivity index (χ1v) is 9.98. The van der Waals surface area contributed by atoms with Gasteiger partial charge in [0.25, 0.3) is 0 Å². The molecule has 4 rings (SSSR count). The van der Waals surface area contributed by atoms with Crippen LogP contribution in [0, 0.1) is 0 Å². The van der Waals surface area contributed by atoms with Gasteiger partial charge in [-0.2, -0.15) is 0 Å². The highest BCUT2D eigenvalue weighted by Crippen LogP contribution is 2.23. The van der Waals surface area contributed by atoms with Gasteiger partial charge in [-0.25, -0.2) is 13.1 Å². The molecule has 134 valence electrons. The van der Waals surface area contributed by atoms with E-state index in [0.29, 0.717) is 13.0 Å². The number of anilines is 1. The molecule has 0 saturated carbocycles. The van der Waals surface area contributed by atoms with Crippen LogP contribution in [0.15, 0.2) is 59.6 Å². The van der Waals surface area contributed by atoms with Gasteiger partial charge in [-0.3, -0.25) is 4.79 Å². The van der Waals surface area contributed by atoms with Crippen molar-refractivity contribution in [1.82, 2.24) is 9.71 Å². The van der Waals surface area contributed by atoms with E-state index in [2.05, 4.69) is 9.71 Å². The minimum Gasteiger partial charge on any atom is -0.361 e. The van der Waals surface area contributed by atoms with Crippen molar-refractivity contribution in [2.45, 2.75) is 24.3 Å². The van der Waals surface area contributed by atoms with Gasteiger partial charge in [0, 0.05) is 42.3 Å². The molecular formula is C19H19N3O3S. The molecule has 0 atom stereocenters. The number of carbonyl (C=O) groups is 1. The number of nitrogens with zero attached hydrogens (tertiary/aromatic N) is 1. The summed E-state index contributed by atoms with van der Waals surface area (Å²) in [7, 11) is -3.63. The van der Waals surface area contributed by atoms with E-state index in [1.807, 2.05) is 30.5 Å². The highest BCUT2D eigenvalue weighted by molar-refractivity contribution is 7.89. The number of rotatable bonds is 5. The molecule has 1 saturated heterocycles. The van der Waals surface area contributed by atoms with E-state index in [0.717, 1.165) is 28.6 Å². The zero-order chi connectivity index (χ0) is 18.1. The van der Waals surface area contributed by atoms with E-state index in [-0.39, 0.29) is 17.3 Å². The van der Waals surface area contributed by atoms with Gasteiger partial charge in [-0.1, -0.05) is 18.2 Å². The fourth-order valence-corrected chi connectivity index (χ4v) is 4.27. The molecule has 1 fully saturated rings. The number of H-pyrrole nitrogens is 1. The fourth-order valence-electron chi connectivity index (χ4n) is 3.26. The minimum absolute atomic E-state index is 0.0815. The van der Waals surface area contributed by atoms with Gasteiger partial charge in [0.05, 0.1) is 4.90 Å². The van der Waals surface area contributed by atoms with E-state index in [1.54, 1.807) is 29.2 Å². The third-order valence-electron chi connectivity index (χ3n) is 4.66. The van der Waals surface area contributed by atoms with Gasteiger partial charge < -0.3 is 9.88 Å². The van der Waals surface area contributed by atoms with Crippen LogP contribution in [0.2, 0.25) is 0 Å². The Morgan fingerprint density at radius 1 is 1.08 bits per heavy atom. The maximum atomic E-state index is 12.6. The molecule has 1 aliphatic rings. The van der Waals surface area contributed by atoms with Crippen LogP contribution in [0.4, 0.5) is 5.69 Å². The van der Waals surface area contributed by atoms with Crippen LogP contribution in [-0.2, 0) is 21.4 Å². The second-order valence-corrected chi connectivity index (χ2v) is 8.09. The van der Waals surface area contributed by atoms with E-state index in [9.17, 15) is 13.2 Å². The summed E-state index contributed by atoms with van der Waals surface area (Å²) in [5.74, 6) is 0.0815. The monoisotopic (exact) mass is 369 g/mol. The van der Waals surface area contributed by atoms with Crippen LogP contribution in [-0.4, -0.2) is 25.9 Å². The number of sulfonamides is 1. The lowest BCUT2D eigenvalue weighted by atomic mass is 10.2. The number of hydrogen-bond acceptors (Lipinski definition) is 3. The average Bonchev–Trinajstić information content (AvgIpc) is 3.26. The van der Waals surface area contributed by atoms with Crippen molar-refractivity contribution in [1.29, 1.82) is 0 Å². The topological polar surface area (TPSA) is 82.3 Å². The van der Waals surface area contributed by atoms with Gasteiger partial charge in [0.15, 0.2) is 0 Å². The lowest BCUT2D eigenvalue weighted by Crippen LogP contribution is -2.25. The molecule has 26 heavy (non-hydrogen) atoms. The summed E-state index contributed by atoms with van der Waals surface area (Å²) in [5, 5.41) is 0.998. The Morgan fingerprint density at radius 2 is 1.85 bits per heavy atom. The number of nitrogens with one attached hydrogen (secondary N) is 2. The summed E-state index contributed by atoms with van der Waals surface area (Å²) in [5.41, 5.74) is 2.60. The minimum atomic E-state index is -3.63. The molecule has 1 aromatic heterocycles. The van der Waals surface area contributed by atoms with Gasteiger partial charge in [0.2, 0.25) is 15.9 Å². The van der Waals surface area contributed by atoms with Crippen molar-refractivity contribution in [3.8, 4) is 0 Å². The van der Waals surface area contributed by atoms with Crippen LogP contribution >= 0.6 is 0 Å². The number of aromatic amines is 1. The van der Waals surface area contributed by atoms with Crippen LogP contribution < -0.4 is 9.62 Å². The van der Waals surface area contributed by atoms with Crippen molar-refractivity contribution in [2.24, 2.45) is 0 Å². The number of hydrogen-bond donors (Lipinski definition) is 2. The Kier molecular flexibility index (Phi) is 4.26. The molecule has 0 radical (unpaired) electrons. The smallest absolute Gasteiger partial charge is 0.240 e. The largest absolute Gasteiger partial charge is 0.361 e. The summed E-state index contributed by atoms with van der Waals surface area (Å²) in [6.07, 6.45) is 3.20. The first-order chi connectivity index (χ1) is 12.5.